The molecule has 0 aromatic carbocycles. The number of carboxylic acid groups (broad SMARTS) is 3. The van der Waals surface area contributed by atoms with Crippen LogP contribution in [0.15, 0.2) is 0 Å². The molecule has 0 amide bonds. The van der Waals surface area contributed by atoms with Crippen molar-refractivity contribution >= 4 is 55.6 Å². The Hall–Kier alpha value is -0.840. The Balaban J connectivity index is -0.0000000216. The van der Waals surface area contributed by atoms with Gasteiger partial charge in [0.2, 0.25) is 0 Å². The molecule has 0 saturated heterocycles. The van der Waals surface area contributed by atoms with Crippen LogP contribution >= 0.6 is 0 Å². The summed E-state index contributed by atoms with van der Waals surface area (Å²) < 4.78 is 0. The molecular weight excluding hydrogens is 222 g/mol. The summed E-state index contributed by atoms with van der Waals surface area (Å²) in [7, 11) is 0. The van der Waals surface area contributed by atoms with E-state index in [-0.39, 0.29) is 40.6 Å². The van der Waals surface area contributed by atoms with Gasteiger partial charge in [0.25, 0.3) is 11.9 Å². The number of hydrogen-bond acceptors (Lipinski definition) is 4. The van der Waals surface area contributed by atoms with Gasteiger partial charge in [-0.2, -0.15) is 5.26 Å². The summed E-state index contributed by atoms with van der Waals surface area (Å²) >= 11 is 0. The van der Waals surface area contributed by atoms with E-state index >= 15 is 0 Å². The molecule has 0 saturated carbocycles. The molecule has 7 nitrogen and oxygen atoms in total. The van der Waals surface area contributed by atoms with Gasteiger partial charge in [-0.15, -0.1) is 0 Å². The van der Waals surface area contributed by atoms with Gasteiger partial charge in [-0.1, -0.05) is 0 Å². The number of carbonyl (C=O) groups is 3. The van der Waals surface area contributed by atoms with Crippen LogP contribution in [0.5, 0.6) is 0 Å². The monoisotopic (exact) mass is 233 g/mol. The Kier molecular flexibility index (Phi) is 29.9. The molecule has 14 heavy (non-hydrogen) atoms. The molecule has 0 radical (unpaired) electrons. The van der Waals surface area contributed by atoms with Gasteiger partial charge in [0.15, 0.2) is 6.07 Å². The van der Waals surface area contributed by atoms with Gasteiger partial charge in [0.1, 0.15) is 0 Å². The normalized spacial score (nSPS) is 5.50. The van der Waals surface area contributed by atoms with E-state index in [1.807, 2.05) is 0 Å². The van der Waals surface area contributed by atoms with Crippen LogP contribution in [-0.2, 0) is 14.4 Å². The first-order valence-corrected chi connectivity index (χ1v) is 2.76. The third-order valence-corrected chi connectivity index (χ3v) is 0.0956. The quantitative estimate of drug-likeness (QED) is 0.294. The molecule has 0 aliphatic heterocycles. The summed E-state index contributed by atoms with van der Waals surface area (Å²) in [6.45, 7) is 2.17. The number of rotatable bonds is 0. The van der Waals surface area contributed by atoms with Gasteiger partial charge in [-0.3, -0.25) is 9.59 Å². The van der Waals surface area contributed by atoms with Crippen molar-refractivity contribution in [3.63, 3.8) is 0 Å². The first kappa shape index (κ1) is 23.2. The average molecular weight is 233 g/mol. The van der Waals surface area contributed by atoms with E-state index in [9.17, 15) is 0 Å². The zero-order valence-electron chi connectivity index (χ0n) is 9.72. The Morgan fingerprint density at radius 1 is 1.07 bits per heavy atom. The van der Waals surface area contributed by atoms with Gasteiger partial charge >= 0.3 is 43.7 Å². The second-order valence-corrected chi connectivity index (χ2v) is 1.45. The Bertz CT molecular complexity index is 210. The van der Waals surface area contributed by atoms with E-state index in [1.54, 1.807) is 0 Å². The van der Waals surface area contributed by atoms with Crippen LogP contribution in [0.2, 0.25) is 0 Å². The van der Waals surface area contributed by atoms with Crippen LogP contribution in [0.4, 0.5) is 0 Å². The maximum Gasteiger partial charge on any atom is 2.00 e. The third-order valence-electron chi connectivity index (χ3n) is 0.0956. The summed E-state index contributed by atoms with van der Waals surface area (Å²) in [6, 6.07) is 0.944. The number of aliphatic carboxylic acids is 3. The number of hydrogen-bond donors (Lipinski definition) is 3. The van der Waals surface area contributed by atoms with Crippen molar-refractivity contribution < 1.29 is 32.6 Å². The number of nitrogens with zero attached hydrogens (tertiary/aromatic N) is 1. The molecular formula is C6H11CaNO6. The van der Waals surface area contributed by atoms with E-state index in [1.165, 1.54) is 0 Å². The minimum atomic E-state index is -1.44. The first-order chi connectivity index (χ1) is 5.73. The Labute approximate surface area is 113 Å². The molecule has 78 valence electrons. The minimum absolute atomic E-state index is 0. The number of nitriles is 1. The molecule has 0 spiro atoms. The van der Waals surface area contributed by atoms with Gasteiger partial charge in [-0.05, 0) is 0 Å². The topological polar surface area (TPSA) is 136 Å². The maximum absolute atomic E-state index is 9.01. The summed E-state index contributed by atoms with van der Waals surface area (Å²) in [4.78, 5) is 27.0. The first-order valence-electron chi connectivity index (χ1n) is 2.76. The second kappa shape index (κ2) is 18.0. The minimum Gasteiger partial charge on any atom is -1.00 e. The zero-order chi connectivity index (χ0) is 11.4. The van der Waals surface area contributed by atoms with Crippen LogP contribution in [-0.4, -0.2) is 71.0 Å². The van der Waals surface area contributed by atoms with Crippen molar-refractivity contribution in [2.45, 2.75) is 13.8 Å². The fourth-order valence-electron chi connectivity index (χ4n) is 0. The van der Waals surface area contributed by atoms with Gasteiger partial charge < -0.3 is 18.2 Å². The molecule has 0 atom stereocenters. The van der Waals surface area contributed by atoms with Gasteiger partial charge in [0.05, 0.1) is 0 Å². The van der Waals surface area contributed by atoms with Crippen LogP contribution in [0, 0.1) is 11.3 Å². The predicted octanol–water partition coefficient (Wildman–Crippen LogP) is -0.379. The molecule has 0 aliphatic rings. The summed E-state index contributed by atoms with van der Waals surface area (Å²) in [5.74, 6) is -3.11. The molecule has 0 unspecified atom stereocenters. The smallest absolute Gasteiger partial charge is 1.00 e. The largest absolute Gasteiger partial charge is 2.00 e. The molecule has 0 bridgehead atoms. The Morgan fingerprint density at radius 2 is 1.14 bits per heavy atom. The van der Waals surface area contributed by atoms with E-state index < -0.39 is 17.9 Å². The molecule has 3 N–H and O–H groups in total. The van der Waals surface area contributed by atoms with E-state index in [0.717, 1.165) is 19.9 Å². The SMILES string of the molecule is CC(=O)O.CC(=O)O.N#CC(=O)O.[Ca+2].[H-].[H-]. The molecule has 0 aliphatic carbocycles. The molecule has 0 aromatic rings. The number of carboxylic acids is 3. The third kappa shape index (κ3) is 856. The van der Waals surface area contributed by atoms with Crippen LogP contribution < -0.4 is 0 Å². The molecule has 0 rings (SSSR count). The fourth-order valence-corrected chi connectivity index (χ4v) is 0. The maximum atomic E-state index is 9.01. The van der Waals surface area contributed by atoms with Crippen LogP contribution in [0.1, 0.15) is 16.7 Å². The summed E-state index contributed by atoms with van der Waals surface area (Å²) in [5.41, 5.74) is 0. The van der Waals surface area contributed by atoms with E-state index in [0.29, 0.717) is 0 Å². The van der Waals surface area contributed by atoms with Crippen LogP contribution in [0.3, 0.4) is 0 Å². The summed E-state index contributed by atoms with van der Waals surface area (Å²) in [6.07, 6.45) is 0. The second-order valence-electron chi connectivity index (χ2n) is 1.45. The molecule has 0 aromatic heterocycles. The van der Waals surface area contributed by atoms with Gasteiger partial charge in [0, 0.05) is 13.8 Å². The molecule has 0 fully saturated rings. The van der Waals surface area contributed by atoms with E-state index in [4.69, 9.17) is 35.0 Å². The summed E-state index contributed by atoms with van der Waals surface area (Å²) in [5, 5.41) is 29.5. The predicted molar refractivity (Wildman–Crippen MR) is 47.8 cm³/mol. The Morgan fingerprint density at radius 3 is 1.14 bits per heavy atom. The van der Waals surface area contributed by atoms with Gasteiger partial charge in [-0.25, -0.2) is 4.79 Å². The van der Waals surface area contributed by atoms with E-state index in [2.05, 4.69) is 0 Å². The molecule has 0 heterocycles. The zero-order valence-corrected chi connectivity index (χ0v) is 9.93. The van der Waals surface area contributed by atoms with Crippen molar-refractivity contribution in [1.82, 2.24) is 0 Å². The van der Waals surface area contributed by atoms with Crippen molar-refractivity contribution in [3.8, 4) is 6.07 Å². The average Bonchev–Trinajstić information content (AvgIpc) is 1.84. The molecule has 8 heteroatoms. The fraction of sp³-hybridized carbons (Fsp3) is 0.333. The van der Waals surface area contributed by atoms with Crippen molar-refractivity contribution in [1.29, 1.82) is 5.26 Å². The van der Waals surface area contributed by atoms with Crippen molar-refractivity contribution in [2.24, 2.45) is 0 Å². The van der Waals surface area contributed by atoms with Crippen molar-refractivity contribution in [3.05, 3.63) is 0 Å². The van der Waals surface area contributed by atoms with Crippen molar-refractivity contribution in [2.75, 3.05) is 0 Å². The van der Waals surface area contributed by atoms with Crippen LogP contribution in [0.25, 0.3) is 0 Å². The standard InChI is InChI=1S/C2HNO2.2C2H4O2.Ca.2H/c3-1-2(4)5;2*1-2(3)4;;;/h(H,4,5);2*1H3,(H,3,4);;;/q;;;+2;2*-1.